The molecule has 6 heteroatoms. The van der Waals surface area contributed by atoms with Crippen LogP contribution >= 0.6 is 0 Å². The first-order chi connectivity index (χ1) is 9.22. The van der Waals surface area contributed by atoms with Crippen molar-refractivity contribution in [3.05, 3.63) is 23.9 Å². The van der Waals surface area contributed by atoms with E-state index in [1.165, 1.54) is 0 Å². The number of hydrogen-bond donors (Lipinski definition) is 3. The fourth-order valence-electron chi connectivity index (χ4n) is 2.65. The summed E-state index contributed by atoms with van der Waals surface area (Å²) >= 11 is 0. The summed E-state index contributed by atoms with van der Waals surface area (Å²) in [5, 5.41) is 0. The number of nitrogens with one attached hydrogen (secondary N) is 1. The van der Waals surface area contributed by atoms with Crippen molar-refractivity contribution in [2.24, 2.45) is 5.84 Å². The Balaban J connectivity index is 2.17. The molecule has 106 valence electrons. The van der Waals surface area contributed by atoms with Gasteiger partial charge in [-0.3, -0.25) is 11.3 Å². The maximum Gasteiger partial charge on any atom is 0.126 e. The summed E-state index contributed by atoms with van der Waals surface area (Å²) in [6.07, 6.45) is 4.01. The molecule has 1 aromatic heterocycles. The van der Waals surface area contributed by atoms with Crippen LogP contribution in [0.3, 0.4) is 0 Å². The van der Waals surface area contributed by atoms with Gasteiger partial charge >= 0.3 is 0 Å². The van der Waals surface area contributed by atoms with Gasteiger partial charge in [-0.05, 0) is 18.1 Å². The highest BCUT2D eigenvalue weighted by Crippen LogP contribution is 2.30. The van der Waals surface area contributed by atoms with E-state index >= 15 is 0 Å². The summed E-state index contributed by atoms with van der Waals surface area (Å²) < 4.78 is 11.2. The molecule has 1 aliphatic rings. The molecule has 2 heterocycles. The van der Waals surface area contributed by atoms with Crippen molar-refractivity contribution < 1.29 is 9.47 Å². The number of methoxy groups -OCH3 is 1. The average molecular weight is 266 g/mol. The van der Waals surface area contributed by atoms with E-state index in [9.17, 15) is 0 Å². The van der Waals surface area contributed by atoms with Gasteiger partial charge in [0.25, 0.3) is 0 Å². The minimum absolute atomic E-state index is 0.0205. The molecule has 0 bridgehead atoms. The Morgan fingerprint density at radius 2 is 2.26 bits per heavy atom. The molecule has 6 nitrogen and oxygen atoms in total. The normalized spacial score (nSPS) is 20.1. The van der Waals surface area contributed by atoms with Gasteiger partial charge in [-0.1, -0.05) is 6.07 Å². The lowest BCUT2D eigenvalue weighted by atomic mass is 9.83. The number of nitrogen functional groups attached to an aromatic ring is 1. The lowest BCUT2D eigenvalue weighted by Crippen LogP contribution is -2.58. The molecule has 1 atom stereocenters. The van der Waals surface area contributed by atoms with Crippen LogP contribution in [0.25, 0.3) is 0 Å². The number of hydrazine groups is 1. The van der Waals surface area contributed by atoms with Crippen LogP contribution < -0.4 is 17.0 Å². The fraction of sp³-hybridized carbons (Fsp3) is 0.615. The van der Waals surface area contributed by atoms with Crippen LogP contribution in [0.15, 0.2) is 18.3 Å². The van der Waals surface area contributed by atoms with Crippen molar-refractivity contribution in [3.63, 3.8) is 0 Å². The molecule has 0 amide bonds. The summed E-state index contributed by atoms with van der Waals surface area (Å²) in [4.78, 5) is 4.10. The van der Waals surface area contributed by atoms with Gasteiger partial charge in [0, 0.05) is 39.4 Å². The first-order valence-electron chi connectivity index (χ1n) is 6.50. The quantitative estimate of drug-likeness (QED) is 0.522. The SMILES string of the molecule is COC1(C(Cc2cccnc2N)NN)CCOCC1. The predicted molar refractivity (Wildman–Crippen MR) is 73.3 cm³/mol. The van der Waals surface area contributed by atoms with Gasteiger partial charge in [0.1, 0.15) is 5.82 Å². The second kappa shape index (κ2) is 6.29. The number of rotatable bonds is 5. The zero-order valence-electron chi connectivity index (χ0n) is 11.3. The Bertz CT molecular complexity index is 407. The topological polar surface area (TPSA) is 95.4 Å². The van der Waals surface area contributed by atoms with Crippen molar-refractivity contribution in [1.29, 1.82) is 0 Å². The van der Waals surface area contributed by atoms with E-state index < -0.39 is 0 Å². The molecule has 0 radical (unpaired) electrons. The highest BCUT2D eigenvalue weighted by Gasteiger charge is 2.40. The van der Waals surface area contributed by atoms with E-state index in [0.29, 0.717) is 25.5 Å². The molecule has 0 saturated carbocycles. The maximum atomic E-state index is 5.89. The highest BCUT2D eigenvalue weighted by molar-refractivity contribution is 5.39. The van der Waals surface area contributed by atoms with E-state index in [2.05, 4.69) is 10.4 Å². The van der Waals surface area contributed by atoms with E-state index in [1.54, 1.807) is 13.3 Å². The molecular formula is C13H22N4O2. The molecule has 1 unspecified atom stereocenters. The number of pyridine rings is 1. The Labute approximate surface area is 113 Å². The zero-order chi connectivity index (χ0) is 13.7. The van der Waals surface area contributed by atoms with Crippen molar-refractivity contribution in [3.8, 4) is 0 Å². The van der Waals surface area contributed by atoms with Crippen LogP contribution in [-0.2, 0) is 15.9 Å². The van der Waals surface area contributed by atoms with E-state index in [0.717, 1.165) is 18.4 Å². The zero-order valence-corrected chi connectivity index (χ0v) is 11.3. The molecule has 0 spiro atoms. The minimum atomic E-state index is -0.310. The average Bonchev–Trinajstić information content (AvgIpc) is 2.47. The van der Waals surface area contributed by atoms with Gasteiger partial charge in [0.05, 0.1) is 11.6 Å². The van der Waals surface area contributed by atoms with Crippen LogP contribution in [-0.4, -0.2) is 37.0 Å². The molecule has 1 fully saturated rings. The van der Waals surface area contributed by atoms with Crippen LogP contribution in [0.2, 0.25) is 0 Å². The highest BCUT2D eigenvalue weighted by atomic mass is 16.5. The van der Waals surface area contributed by atoms with Crippen molar-refractivity contribution in [2.45, 2.75) is 30.9 Å². The molecule has 1 aromatic rings. The third-order valence-corrected chi connectivity index (χ3v) is 3.93. The molecule has 0 aromatic carbocycles. The number of nitrogens with zero attached hydrogens (tertiary/aromatic N) is 1. The Hall–Kier alpha value is -1.21. The number of anilines is 1. The van der Waals surface area contributed by atoms with Gasteiger partial charge in [-0.15, -0.1) is 0 Å². The van der Waals surface area contributed by atoms with Gasteiger partial charge in [0.15, 0.2) is 0 Å². The summed E-state index contributed by atoms with van der Waals surface area (Å²) in [6.45, 7) is 1.38. The van der Waals surface area contributed by atoms with Gasteiger partial charge in [-0.2, -0.15) is 0 Å². The summed E-state index contributed by atoms with van der Waals surface area (Å²) in [5.41, 5.74) is 9.44. The van der Waals surface area contributed by atoms with Crippen molar-refractivity contribution in [1.82, 2.24) is 10.4 Å². The lowest BCUT2D eigenvalue weighted by molar-refractivity contribution is -0.110. The summed E-state index contributed by atoms with van der Waals surface area (Å²) in [5.74, 6) is 6.27. The largest absolute Gasteiger partial charge is 0.383 e. The van der Waals surface area contributed by atoms with Crippen LogP contribution in [0.1, 0.15) is 18.4 Å². The predicted octanol–water partition coefficient (Wildman–Crippen LogP) is 0.234. The third-order valence-electron chi connectivity index (χ3n) is 3.93. The standard InChI is InChI=1S/C13H22N4O2/c1-18-13(4-7-19-8-5-13)11(17-15)9-10-3-2-6-16-12(10)14/h2-3,6,11,17H,4-5,7-9,15H2,1H3,(H2,14,16). The number of hydrogen-bond acceptors (Lipinski definition) is 6. The molecule has 1 saturated heterocycles. The van der Waals surface area contributed by atoms with Gasteiger partial charge in [-0.25, -0.2) is 4.98 Å². The van der Waals surface area contributed by atoms with Crippen LogP contribution in [0.5, 0.6) is 0 Å². The maximum absolute atomic E-state index is 5.89. The Kier molecular flexibility index (Phi) is 4.71. The smallest absolute Gasteiger partial charge is 0.126 e. The molecule has 19 heavy (non-hydrogen) atoms. The summed E-state index contributed by atoms with van der Waals surface area (Å²) in [7, 11) is 1.72. The molecule has 5 N–H and O–H groups in total. The first kappa shape index (κ1) is 14.2. The fourth-order valence-corrected chi connectivity index (χ4v) is 2.65. The van der Waals surface area contributed by atoms with Crippen molar-refractivity contribution >= 4 is 5.82 Å². The second-order valence-corrected chi connectivity index (χ2v) is 4.85. The van der Waals surface area contributed by atoms with Crippen LogP contribution in [0.4, 0.5) is 5.82 Å². The molecular weight excluding hydrogens is 244 g/mol. The lowest BCUT2D eigenvalue weighted by Gasteiger charge is -2.42. The Morgan fingerprint density at radius 3 is 2.84 bits per heavy atom. The Morgan fingerprint density at radius 1 is 1.53 bits per heavy atom. The van der Waals surface area contributed by atoms with Gasteiger partial charge < -0.3 is 15.2 Å². The minimum Gasteiger partial charge on any atom is -0.383 e. The van der Waals surface area contributed by atoms with Crippen LogP contribution in [0, 0.1) is 0 Å². The third kappa shape index (κ3) is 3.03. The molecule has 2 rings (SSSR count). The monoisotopic (exact) mass is 266 g/mol. The van der Waals surface area contributed by atoms with E-state index in [-0.39, 0.29) is 11.6 Å². The summed E-state index contributed by atoms with van der Waals surface area (Å²) in [6, 6.07) is 3.82. The van der Waals surface area contributed by atoms with E-state index in [4.69, 9.17) is 21.1 Å². The first-order valence-corrected chi connectivity index (χ1v) is 6.50. The number of ether oxygens (including phenoxy) is 2. The van der Waals surface area contributed by atoms with Gasteiger partial charge in [0.2, 0.25) is 0 Å². The number of nitrogens with two attached hydrogens (primary N) is 2. The van der Waals surface area contributed by atoms with Crippen molar-refractivity contribution in [2.75, 3.05) is 26.1 Å². The van der Waals surface area contributed by atoms with E-state index in [1.807, 2.05) is 12.1 Å². The number of aromatic nitrogens is 1. The second-order valence-electron chi connectivity index (χ2n) is 4.85. The molecule has 0 aliphatic carbocycles. The molecule has 1 aliphatic heterocycles.